The van der Waals surface area contributed by atoms with Crippen molar-refractivity contribution in [3.63, 3.8) is 0 Å². The summed E-state index contributed by atoms with van der Waals surface area (Å²) in [5.74, 6) is -0.127. The minimum absolute atomic E-state index is 0.180. The molecule has 0 aliphatic carbocycles. The van der Waals surface area contributed by atoms with Crippen molar-refractivity contribution in [3.05, 3.63) is 29.8 Å². The van der Waals surface area contributed by atoms with Crippen molar-refractivity contribution in [2.75, 3.05) is 26.3 Å². The van der Waals surface area contributed by atoms with Crippen LogP contribution in [0.5, 0.6) is 5.75 Å². The lowest BCUT2D eigenvalue weighted by atomic mass is 10.0. The molecule has 20 heavy (non-hydrogen) atoms. The van der Waals surface area contributed by atoms with Gasteiger partial charge in [0.2, 0.25) is 0 Å². The smallest absolute Gasteiger partial charge is 0.339 e. The highest BCUT2D eigenvalue weighted by Gasteiger charge is 2.09. The summed E-state index contributed by atoms with van der Waals surface area (Å²) < 4.78 is 5.48. The van der Waals surface area contributed by atoms with Crippen molar-refractivity contribution >= 4 is 5.97 Å². The van der Waals surface area contributed by atoms with E-state index >= 15 is 0 Å². The highest BCUT2D eigenvalue weighted by atomic mass is 16.5. The second-order valence-corrected chi connectivity index (χ2v) is 4.64. The highest BCUT2D eigenvalue weighted by Crippen LogP contribution is 2.17. The van der Waals surface area contributed by atoms with Gasteiger partial charge in [0, 0.05) is 13.2 Å². The number of carboxylic acid groups (broad SMARTS) is 1. The molecule has 0 radical (unpaired) electrons. The van der Waals surface area contributed by atoms with E-state index < -0.39 is 5.97 Å². The van der Waals surface area contributed by atoms with Gasteiger partial charge < -0.3 is 20.3 Å². The zero-order chi connectivity index (χ0) is 14.8. The normalized spacial score (nSPS) is 12.1. The summed E-state index contributed by atoms with van der Waals surface area (Å²) in [4.78, 5) is 11.0. The van der Waals surface area contributed by atoms with Gasteiger partial charge in [0.15, 0.2) is 0 Å². The number of carbonyl (C=O) groups is 1. The van der Waals surface area contributed by atoms with Gasteiger partial charge in [-0.3, -0.25) is 0 Å². The number of aromatic carboxylic acids is 1. The summed E-state index contributed by atoms with van der Waals surface area (Å²) in [6.45, 7) is 4.21. The predicted octanol–water partition coefficient (Wildman–Crippen LogP) is 1.76. The molecule has 0 amide bonds. The number of nitrogens with one attached hydrogen (secondary N) is 1. The summed E-state index contributed by atoms with van der Waals surface area (Å²) in [6, 6.07) is 6.61. The number of aliphatic hydroxyl groups excluding tert-OH is 1. The molecular formula is C15H23NO4. The number of ether oxygens (including phenoxy) is 1. The van der Waals surface area contributed by atoms with Gasteiger partial charge in [-0.15, -0.1) is 0 Å². The SMILES string of the molecule is CCC(CCO)CNCCOc1ccccc1C(=O)O. The second-order valence-electron chi connectivity index (χ2n) is 4.64. The van der Waals surface area contributed by atoms with E-state index in [1.54, 1.807) is 18.2 Å². The fourth-order valence-corrected chi connectivity index (χ4v) is 1.94. The van der Waals surface area contributed by atoms with Gasteiger partial charge in [0.05, 0.1) is 0 Å². The average Bonchev–Trinajstić information content (AvgIpc) is 2.46. The second kappa shape index (κ2) is 9.34. The molecule has 0 bridgehead atoms. The van der Waals surface area contributed by atoms with Crippen molar-refractivity contribution < 1.29 is 19.7 Å². The number of hydrogen-bond acceptors (Lipinski definition) is 4. The Morgan fingerprint density at radius 3 is 2.80 bits per heavy atom. The van der Waals surface area contributed by atoms with Crippen LogP contribution < -0.4 is 10.1 Å². The number of aliphatic hydroxyl groups is 1. The maximum absolute atomic E-state index is 11.0. The van der Waals surface area contributed by atoms with Gasteiger partial charge in [-0.05, 0) is 31.0 Å². The average molecular weight is 281 g/mol. The Balaban J connectivity index is 2.29. The van der Waals surface area contributed by atoms with Gasteiger partial charge in [0.25, 0.3) is 0 Å². The molecule has 1 aromatic carbocycles. The Bertz CT molecular complexity index is 409. The van der Waals surface area contributed by atoms with Gasteiger partial charge >= 0.3 is 5.97 Å². The first-order valence-electron chi connectivity index (χ1n) is 6.95. The van der Waals surface area contributed by atoms with E-state index in [9.17, 15) is 4.79 Å². The fraction of sp³-hybridized carbons (Fsp3) is 0.533. The Labute approximate surface area is 119 Å². The zero-order valence-corrected chi connectivity index (χ0v) is 11.8. The Morgan fingerprint density at radius 1 is 1.40 bits per heavy atom. The summed E-state index contributed by atoms with van der Waals surface area (Å²) in [5, 5.41) is 21.2. The Kier molecular flexibility index (Phi) is 7.69. The number of carboxylic acids is 1. The molecule has 0 spiro atoms. The number of para-hydroxylation sites is 1. The number of benzene rings is 1. The van der Waals surface area contributed by atoms with E-state index in [0.29, 0.717) is 24.8 Å². The molecule has 1 rings (SSSR count). The van der Waals surface area contributed by atoms with E-state index in [4.69, 9.17) is 14.9 Å². The van der Waals surface area contributed by atoms with Crippen LogP contribution in [0.1, 0.15) is 30.1 Å². The van der Waals surface area contributed by atoms with Crippen LogP contribution in [-0.4, -0.2) is 42.5 Å². The number of rotatable bonds is 10. The molecule has 5 nitrogen and oxygen atoms in total. The van der Waals surface area contributed by atoms with Gasteiger partial charge in [-0.2, -0.15) is 0 Å². The van der Waals surface area contributed by atoms with Crippen molar-refractivity contribution in [2.45, 2.75) is 19.8 Å². The lowest BCUT2D eigenvalue weighted by Gasteiger charge is -2.15. The lowest BCUT2D eigenvalue weighted by Crippen LogP contribution is -2.27. The zero-order valence-electron chi connectivity index (χ0n) is 11.8. The van der Waals surface area contributed by atoms with E-state index in [-0.39, 0.29) is 12.2 Å². The monoisotopic (exact) mass is 281 g/mol. The van der Waals surface area contributed by atoms with Crippen LogP contribution in [0.2, 0.25) is 0 Å². The molecule has 112 valence electrons. The summed E-state index contributed by atoms with van der Waals surface area (Å²) in [7, 11) is 0. The molecule has 1 atom stereocenters. The topological polar surface area (TPSA) is 78.8 Å². The van der Waals surface area contributed by atoms with Crippen molar-refractivity contribution in [2.24, 2.45) is 5.92 Å². The molecule has 1 unspecified atom stereocenters. The van der Waals surface area contributed by atoms with Crippen molar-refractivity contribution in [1.29, 1.82) is 0 Å². The molecule has 1 aromatic rings. The molecule has 5 heteroatoms. The first-order chi connectivity index (χ1) is 9.69. The van der Waals surface area contributed by atoms with Crippen LogP contribution in [0.25, 0.3) is 0 Å². The van der Waals surface area contributed by atoms with Crippen molar-refractivity contribution in [1.82, 2.24) is 5.32 Å². The van der Waals surface area contributed by atoms with Gasteiger partial charge in [0.1, 0.15) is 17.9 Å². The van der Waals surface area contributed by atoms with E-state index in [0.717, 1.165) is 19.4 Å². The molecule has 0 aliphatic heterocycles. The molecule has 3 N–H and O–H groups in total. The third-order valence-electron chi connectivity index (χ3n) is 3.20. The maximum atomic E-state index is 11.0. The molecule has 0 saturated carbocycles. The van der Waals surface area contributed by atoms with E-state index in [1.807, 2.05) is 0 Å². The van der Waals surface area contributed by atoms with Gasteiger partial charge in [-0.1, -0.05) is 25.5 Å². The summed E-state index contributed by atoms with van der Waals surface area (Å²) >= 11 is 0. The molecule has 0 aliphatic rings. The van der Waals surface area contributed by atoms with E-state index in [1.165, 1.54) is 6.07 Å². The molecule has 0 fully saturated rings. The van der Waals surface area contributed by atoms with Crippen LogP contribution in [0.3, 0.4) is 0 Å². The van der Waals surface area contributed by atoms with E-state index in [2.05, 4.69) is 12.2 Å². The molecular weight excluding hydrogens is 258 g/mol. The summed E-state index contributed by atoms with van der Waals surface area (Å²) in [6.07, 6.45) is 1.82. The van der Waals surface area contributed by atoms with Crippen LogP contribution in [0, 0.1) is 5.92 Å². The minimum Gasteiger partial charge on any atom is -0.491 e. The molecule has 0 saturated heterocycles. The minimum atomic E-state index is -0.984. The largest absolute Gasteiger partial charge is 0.491 e. The molecule has 0 heterocycles. The molecule has 0 aromatic heterocycles. The first-order valence-corrected chi connectivity index (χ1v) is 6.95. The van der Waals surface area contributed by atoms with Gasteiger partial charge in [-0.25, -0.2) is 4.79 Å². The Hall–Kier alpha value is -1.59. The Morgan fingerprint density at radius 2 is 2.15 bits per heavy atom. The lowest BCUT2D eigenvalue weighted by molar-refractivity contribution is 0.0692. The van der Waals surface area contributed by atoms with Crippen LogP contribution in [0.4, 0.5) is 0 Å². The third kappa shape index (κ3) is 5.59. The standard InChI is InChI=1S/C15H23NO4/c1-2-12(7-9-17)11-16-8-10-20-14-6-4-3-5-13(14)15(18)19/h3-6,12,16-17H,2,7-11H2,1H3,(H,18,19). The van der Waals surface area contributed by atoms with Crippen molar-refractivity contribution in [3.8, 4) is 5.75 Å². The summed E-state index contributed by atoms with van der Waals surface area (Å²) in [5.41, 5.74) is 0.180. The van der Waals surface area contributed by atoms with Crippen LogP contribution in [-0.2, 0) is 0 Å². The first kappa shape index (κ1) is 16.5. The van der Waals surface area contributed by atoms with Crippen LogP contribution >= 0.6 is 0 Å². The third-order valence-corrected chi connectivity index (χ3v) is 3.20. The quantitative estimate of drug-likeness (QED) is 0.570. The predicted molar refractivity (Wildman–Crippen MR) is 77.2 cm³/mol. The maximum Gasteiger partial charge on any atom is 0.339 e. The fourth-order valence-electron chi connectivity index (χ4n) is 1.94. The highest BCUT2D eigenvalue weighted by molar-refractivity contribution is 5.90. The van der Waals surface area contributed by atoms with Crippen LogP contribution in [0.15, 0.2) is 24.3 Å². The number of hydrogen-bond donors (Lipinski definition) is 3.